The summed E-state index contributed by atoms with van der Waals surface area (Å²) in [6, 6.07) is 5.69. The van der Waals surface area contributed by atoms with Gasteiger partial charge in [0.1, 0.15) is 5.41 Å². The lowest BCUT2D eigenvalue weighted by molar-refractivity contribution is -0.133. The normalized spacial score (nSPS) is 17.1. The third kappa shape index (κ3) is 2.52. The van der Waals surface area contributed by atoms with E-state index >= 15 is 0 Å². The quantitative estimate of drug-likeness (QED) is 0.364. The molecule has 1 aromatic heterocycles. The number of carbonyl (C=O) groups is 1. The average Bonchev–Trinajstić information content (AvgIpc) is 3.18. The zero-order chi connectivity index (χ0) is 14.0. The van der Waals surface area contributed by atoms with Gasteiger partial charge in [0.15, 0.2) is 5.84 Å². The summed E-state index contributed by atoms with van der Waals surface area (Å²) >= 11 is 0. The van der Waals surface area contributed by atoms with Crippen LogP contribution in [0.25, 0.3) is 0 Å². The first-order valence-electron chi connectivity index (χ1n) is 6.16. The summed E-state index contributed by atoms with van der Waals surface area (Å²) in [4.78, 5) is 18.3. The second-order valence-electron chi connectivity index (χ2n) is 5.00. The zero-order valence-electron chi connectivity index (χ0n) is 11.1. The minimum Gasteiger partial charge on any atom is -0.409 e. The molecule has 3 N–H and O–H groups in total. The number of pyridine rings is 1. The molecule has 0 radical (unpaired) electrons. The second-order valence-corrected chi connectivity index (χ2v) is 5.00. The number of nitrogens with two attached hydrogens (primary N) is 1. The lowest BCUT2D eigenvalue weighted by atomic mass is 10.0. The first-order chi connectivity index (χ1) is 8.99. The first kappa shape index (κ1) is 13.3. The van der Waals surface area contributed by atoms with E-state index in [1.54, 1.807) is 11.9 Å². The van der Waals surface area contributed by atoms with Crippen molar-refractivity contribution in [3.05, 3.63) is 29.6 Å². The number of rotatable bonds is 4. The number of aryl methyl sites for hydroxylation is 1. The van der Waals surface area contributed by atoms with Gasteiger partial charge in [-0.1, -0.05) is 11.2 Å². The van der Waals surface area contributed by atoms with Gasteiger partial charge < -0.3 is 15.8 Å². The van der Waals surface area contributed by atoms with Gasteiger partial charge in [-0.3, -0.25) is 9.78 Å². The summed E-state index contributed by atoms with van der Waals surface area (Å²) in [5.41, 5.74) is 6.55. The van der Waals surface area contributed by atoms with Gasteiger partial charge in [-0.15, -0.1) is 0 Å². The monoisotopic (exact) mass is 262 g/mol. The van der Waals surface area contributed by atoms with Crippen molar-refractivity contribution in [3.8, 4) is 0 Å². The van der Waals surface area contributed by atoms with Crippen molar-refractivity contribution in [2.75, 3.05) is 7.05 Å². The number of oxime groups is 1. The highest BCUT2D eigenvalue weighted by Crippen LogP contribution is 2.47. The maximum Gasteiger partial charge on any atom is 0.236 e. The summed E-state index contributed by atoms with van der Waals surface area (Å²) in [5, 5.41) is 11.7. The van der Waals surface area contributed by atoms with Crippen molar-refractivity contribution in [2.24, 2.45) is 16.3 Å². The van der Waals surface area contributed by atoms with Gasteiger partial charge in [0, 0.05) is 12.7 Å². The lowest BCUT2D eigenvalue weighted by Gasteiger charge is -2.22. The number of hydrogen-bond donors (Lipinski definition) is 2. The molecule has 0 atom stereocenters. The Kier molecular flexibility index (Phi) is 3.42. The molecule has 0 bridgehead atoms. The molecule has 1 heterocycles. The van der Waals surface area contributed by atoms with Crippen molar-refractivity contribution in [2.45, 2.75) is 26.3 Å². The standard InChI is InChI=1S/C13H18N4O2/c1-9-4-3-5-10(15-9)8-17(2)12(18)13(6-7-13)11(14)16-19/h3-5,19H,6-8H2,1-2H3,(H2,14,16). The molecule has 0 aliphatic heterocycles. The van der Waals surface area contributed by atoms with Crippen LogP contribution in [0.5, 0.6) is 0 Å². The molecule has 6 nitrogen and oxygen atoms in total. The van der Waals surface area contributed by atoms with E-state index in [1.165, 1.54) is 0 Å². The third-order valence-corrected chi connectivity index (χ3v) is 3.45. The Morgan fingerprint density at radius 3 is 2.79 bits per heavy atom. The van der Waals surface area contributed by atoms with Gasteiger partial charge >= 0.3 is 0 Å². The molecular weight excluding hydrogens is 244 g/mol. The van der Waals surface area contributed by atoms with Crippen LogP contribution in [0.15, 0.2) is 23.4 Å². The summed E-state index contributed by atoms with van der Waals surface area (Å²) in [5.74, 6) is -0.118. The predicted molar refractivity (Wildman–Crippen MR) is 70.5 cm³/mol. The van der Waals surface area contributed by atoms with Gasteiger partial charge in [-0.25, -0.2) is 0 Å². The van der Waals surface area contributed by atoms with Crippen LogP contribution in [-0.4, -0.2) is 33.9 Å². The first-order valence-corrected chi connectivity index (χ1v) is 6.16. The molecule has 102 valence electrons. The van der Waals surface area contributed by atoms with Crippen LogP contribution < -0.4 is 5.73 Å². The Hall–Kier alpha value is -2.11. The maximum absolute atomic E-state index is 12.3. The Labute approximate surface area is 111 Å². The Bertz CT molecular complexity index is 523. The molecule has 1 fully saturated rings. The molecule has 1 saturated carbocycles. The van der Waals surface area contributed by atoms with Crippen molar-refractivity contribution in [1.29, 1.82) is 0 Å². The summed E-state index contributed by atoms with van der Waals surface area (Å²) in [6.45, 7) is 2.32. The van der Waals surface area contributed by atoms with Gasteiger partial charge in [-0.05, 0) is 31.9 Å². The molecule has 6 heteroatoms. The number of nitrogens with zero attached hydrogens (tertiary/aromatic N) is 3. The van der Waals surface area contributed by atoms with E-state index in [-0.39, 0.29) is 11.7 Å². The smallest absolute Gasteiger partial charge is 0.236 e. The number of aromatic nitrogens is 1. The van der Waals surface area contributed by atoms with Crippen LogP contribution in [0.4, 0.5) is 0 Å². The molecule has 0 spiro atoms. The molecule has 0 saturated heterocycles. The minimum atomic E-state index is -0.798. The number of amides is 1. The molecule has 0 aromatic carbocycles. The molecule has 1 aliphatic carbocycles. The van der Waals surface area contributed by atoms with E-state index in [9.17, 15) is 4.79 Å². The van der Waals surface area contributed by atoms with Gasteiger partial charge in [0.2, 0.25) is 5.91 Å². The SMILES string of the molecule is Cc1cccc(CN(C)C(=O)C2(/C(N)=N/O)CC2)n1. The highest BCUT2D eigenvalue weighted by Gasteiger charge is 2.55. The van der Waals surface area contributed by atoms with Crippen molar-refractivity contribution < 1.29 is 10.0 Å². The van der Waals surface area contributed by atoms with E-state index in [1.807, 2.05) is 25.1 Å². The van der Waals surface area contributed by atoms with Crippen molar-refractivity contribution in [3.63, 3.8) is 0 Å². The summed E-state index contributed by atoms with van der Waals surface area (Å²) in [6.07, 6.45) is 1.26. The summed E-state index contributed by atoms with van der Waals surface area (Å²) in [7, 11) is 1.71. The Morgan fingerprint density at radius 1 is 1.58 bits per heavy atom. The van der Waals surface area contributed by atoms with Gasteiger partial charge in [-0.2, -0.15) is 0 Å². The van der Waals surface area contributed by atoms with Crippen LogP contribution in [0.3, 0.4) is 0 Å². The van der Waals surface area contributed by atoms with Crippen LogP contribution in [0.2, 0.25) is 0 Å². The molecule has 1 amide bonds. The highest BCUT2D eigenvalue weighted by atomic mass is 16.4. The number of carbonyl (C=O) groups excluding carboxylic acids is 1. The number of amidine groups is 1. The van der Waals surface area contributed by atoms with E-state index in [4.69, 9.17) is 10.9 Å². The Balaban J connectivity index is 2.09. The van der Waals surface area contributed by atoms with Crippen LogP contribution in [-0.2, 0) is 11.3 Å². The molecule has 0 unspecified atom stereocenters. The Morgan fingerprint density at radius 2 is 2.26 bits per heavy atom. The largest absolute Gasteiger partial charge is 0.409 e. The predicted octanol–water partition coefficient (Wildman–Crippen LogP) is 0.875. The average molecular weight is 262 g/mol. The van der Waals surface area contributed by atoms with E-state index in [0.29, 0.717) is 19.4 Å². The number of hydrogen-bond acceptors (Lipinski definition) is 4. The fourth-order valence-corrected chi connectivity index (χ4v) is 2.17. The fraction of sp³-hybridized carbons (Fsp3) is 0.462. The zero-order valence-corrected chi connectivity index (χ0v) is 11.1. The van der Waals surface area contributed by atoms with Crippen LogP contribution in [0.1, 0.15) is 24.2 Å². The highest BCUT2D eigenvalue weighted by molar-refractivity contribution is 6.09. The molecule has 1 aromatic rings. The third-order valence-electron chi connectivity index (χ3n) is 3.45. The van der Waals surface area contributed by atoms with Gasteiger partial charge in [0.25, 0.3) is 0 Å². The molecular formula is C13H18N4O2. The topological polar surface area (TPSA) is 91.8 Å². The van der Waals surface area contributed by atoms with E-state index in [0.717, 1.165) is 11.4 Å². The van der Waals surface area contributed by atoms with Crippen molar-refractivity contribution in [1.82, 2.24) is 9.88 Å². The van der Waals surface area contributed by atoms with Crippen molar-refractivity contribution >= 4 is 11.7 Å². The van der Waals surface area contributed by atoms with Crippen LogP contribution >= 0.6 is 0 Å². The lowest BCUT2D eigenvalue weighted by Crippen LogP contribution is -2.41. The molecule has 19 heavy (non-hydrogen) atoms. The minimum absolute atomic E-state index is 0.00144. The molecule has 2 rings (SSSR count). The van der Waals surface area contributed by atoms with Crippen LogP contribution in [0, 0.1) is 12.3 Å². The summed E-state index contributed by atoms with van der Waals surface area (Å²) < 4.78 is 0. The van der Waals surface area contributed by atoms with E-state index < -0.39 is 5.41 Å². The van der Waals surface area contributed by atoms with E-state index in [2.05, 4.69) is 10.1 Å². The molecule has 1 aliphatic rings. The maximum atomic E-state index is 12.3. The second kappa shape index (κ2) is 4.87. The fourth-order valence-electron chi connectivity index (χ4n) is 2.17. The van der Waals surface area contributed by atoms with Gasteiger partial charge in [0.05, 0.1) is 12.2 Å².